The third-order valence-corrected chi connectivity index (χ3v) is 5.31. The number of ether oxygens (including phenoxy) is 3. The largest absolute Gasteiger partial charge is 0.480 e. The number of amides is 1. The fourth-order valence-corrected chi connectivity index (χ4v) is 4.05. The summed E-state index contributed by atoms with van der Waals surface area (Å²) in [5.41, 5.74) is 0.523. The van der Waals surface area contributed by atoms with Crippen molar-refractivity contribution in [2.24, 2.45) is 5.92 Å². The monoisotopic (exact) mass is 349 g/mol. The number of hydrogen-bond donors (Lipinski definition) is 0. The van der Waals surface area contributed by atoms with Crippen LogP contribution < -0.4 is 4.74 Å². The van der Waals surface area contributed by atoms with Crippen LogP contribution in [0.1, 0.15) is 16.8 Å². The average molecular weight is 349 g/mol. The van der Waals surface area contributed by atoms with Crippen LogP contribution in [-0.4, -0.2) is 87.0 Å². The van der Waals surface area contributed by atoms with Crippen molar-refractivity contribution in [2.75, 3.05) is 54.1 Å². The molecule has 0 N–H and O–H groups in total. The Morgan fingerprint density at radius 3 is 2.88 bits per heavy atom. The number of rotatable bonds is 6. The van der Waals surface area contributed by atoms with Gasteiger partial charge in [0.2, 0.25) is 5.88 Å². The van der Waals surface area contributed by atoms with Crippen molar-refractivity contribution >= 4 is 5.91 Å². The smallest absolute Gasteiger partial charge is 0.259 e. The first-order valence-electron chi connectivity index (χ1n) is 8.73. The van der Waals surface area contributed by atoms with Gasteiger partial charge in [0.05, 0.1) is 25.9 Å². The third kappa shape index (κ3) is 3.63. The zero-order valence-corrected chi connectivity index (χ0v) is 15.2. The normalized spacial score (nSPS) is 26.5. The summed E-state index contributed by atoms with van der Waals surface area (Å²) >= 11 is 0. The average Bonchev–Trinajstić information content (AvgIpc) is 3.09. The third-order valence-electron chi connectivity index (χ3n) is 5.31. The van der Waals surface area contributed by atoms with E-state index in [4.69, 9.17) is 14.2 Å². The van der Waals surface area contributed by atoms with Crippen LogP contribution in [0, 0.1) is 5.92 Å². The van der Waals surface area contributed by atoms with Crippen LogP contribution >= 0.6 is 0 Å². The molecule has 3 atom stereocenters. The maximum atomic E-state index is 13.2. The van der Waals surface area contributed by atoms with E-state index in [1.54, 1.807) is 39.7 Å². The molecular weight excluding hydrogens is 322 g/mol. The second-order valence-electron chi connectivity index (χ2n) is 6.61. The maximum Gasteiger partial charge on any atom is 0.259 e. The number of fused-ring (bicyclic) bond motifs is 1. The van der Waals surface area contributed by atoms with Crippen molar-refractivity contribution in [1.29, 1.82) is 0 Å². The molecular formula is C18H27N3O4. The van der Waals surface area contributed by atoms with Crippen LogP contribution in [0.2, 0.25) is 0 Å². The predicted molar refractivity (Wildman–Crippen MR) is 92.8 cm³/mol. The first kappa shape index (κ1) is 18.1. The minimum atomic E-state index is -0.0110. The van der Waals surface area contributed by atoms with E-state index in [0.29, 0.717) is 30.5 Å². The summed E-state index contributed by atoms with van der Waals surface area (Å²) in [4.78, 5) is 21.7. The number of aromatic nitrogens is 1. The molecule has 138 valence electrons. The second-order valence-corrected chi connectivity index (χ2v) is 6.61. The van der Waals surface area contributed by atoms with Crippen LogP contribution in [0.5, 0.6) is 5.88 Å². The summed E-state index contributed by atoms with van der Waals surface area (Å²) in [6, 6.07) is 3.70. The van der Waals surface area contributed by atoms with E-state index in [0.717, 1.165) is 26.1 Å². The van der Waals surface area contributed by atoms with Gasteiger partial charge in [-0.1, -0.05) is 0 Å². The van der Waals surface area contributed by atoms with Gasteiger partial charge in [0, 0.05) is 52.5 Å². The number of methoxy groups -OCH3 is 3. The van der Waals surface area contributed by atoms with Crippen molar-refractivity contribution in [3.05, 3.63) is 23.9 Å². The molecule has 0 radical (unpaired) electrons. The Morgan fingerprint density at radius 1 is 1.32 bits per heavy atom. The first-order valence-corrected chi connectivity index (χ1v) is 8.73. The number of hydrogen-bond acceptors (Lipinski definition) is 6. The van der Waals surface area contributed by atoms with Gasteiger partial charge in [-0.3, -0.25) is 9.69 Å². The van der Waals surface area contributed by atoms with Crippen LogP contribution in [0.25, 0.3) is 0 Å². The van der Waals surface area contributed by atoms with Crippen LogP contribution in [0.3, 0.4) is 0 Å². The minimum absolute atomic E-state index is 0.0110. The lowest BCUT2D eigenvalue weighted by atomic mass is 9.88. The zero-order chi connectivity index (χ0) is 17.8. The lowest BCUT2D eigenvalue weighted by molar-refractivity contribution is -0.0158. The summed E-state index contributed by atoms with van der Waals surface area (Å²) in [6.07, 6.45) is 2.68. The number of piperidine rings is 1. The van der Waals surface area contributed by atoms with Gasteiger partial charge in [-0.25, -0.2) is 4.98 Å². The molecule has 0 saturated carbocycles. The second kappa shape index (κ2) is 8.12. The van der Waals surface area contributed by atoms with E-state index in [-0.39, 0.29) is 18.1 Å². The lowest BCUT2D eigenvalue weighted by Gasteiger charge is -2.41. The standard InChI is InChI=1S/C18H27N3O4/c1-23-10-9-20-11-14-15(12-20)21(8-6-16(14)24-2)18(22)13-5-4-7-19-17(13)25-3/h4-5,7,14-16H,6,8-12H2,1-3H3/t14-,15+,16+/m0/s1. The van der Waals surface area contributed by atoms with Crippen LogP contribution in [-0.2, 0) is 9.47 Å². The van der Waals surface area contributed by atoms with E-state index in [1.165, 1.54) is 0 Å². The van der Waals surface area contributed by atoms with Crippen molar-refractivity contribution in [2.45, 2.75) is 18.6 Å². The van der Waals surface area contributed by atoms with Gasteiger partial charge in [-0.15, -0.1) is 0 Å². The molecule has 7 heteroatoms. The first-order chi connectivity index (χ1) is 12.2. The molecule has 25 heavy (non-hydrogen) atoms. The summed E-state index contributed by atoms with van der Waals surface area (Å²) in [5.74, 6) is 0.692. The van der Waals surface area contributed by atoms with Gasteiger partial charge in [0.15, 0.2) is 0 Å². The highest BCUT2D eigenvalue weighted by molar-refractivity contribution is 5.96. The molecule has 3 rings (SSSR count). The number of pyridine rings is 1. The number of carbonyl (C=O) groups excluding carboxylic acids is 1. The van der Waals surface area contributed by atoms with Crippen LogP contribution in [0.4, 0.5) is 0 Å². The summed E-state index contributed by atoms with van der Waals surface area (Å²) in [5, 5.41) is 0. The molecule has 0 spiro atoms. The molecule has 1 aromatic rings. The highest BCUT2D eigenvalue weighted by atomic mass is 16.5. The van der Waals surface area contributed by atoms with E-state index >= 15 is 0 Å². The minimum Gasteiger partial charge on any atom is -0.480 e. The molecule has 2 fully saturated rings. The Labute approximate surface area is 148 Å². The van der Waals surface area contributed by atoms with Crippen molar-refractivity contribution in [1.82, 2.24) is 14.8 Å². The van der Waals surface area contributed by atoms with E-state index in [2.05, 4.69) is 9.88 Å². The van der Waals surface area contributed by atoms with E-state index < -0.39 is 0 Å². The number of carbonyl (C=O) groups is 1. The molecule has 2 saturated heterocycles. The lowest BCUT2D eigenvalue weighted by Crippen LogP contribution is -2.53. The fraction of sp³-hybridized carbons (Fsp3) is 0.667. The van der Waals surface area contributed by atoms with Gasteiger partial charge < -0.3 is 19.1 Å². The van der Waals surface area contributed by atoms with E-state index in [9.17, 15) is 4.79 Å². The molecule has 7 nitrogen and oxygen atoms in total. The van der Waals surface area contributed by atoms with Gasteiger partial charge >= 0.3 is 0 Å². The topological polar surface area (TPSA) is 64.1 Å². The van der Waals surface area contributed by atoms with Crippen molar-refractivity contribution in [3.63, 3.8) is 0 Å². The van der Waals surface area contributed by atoms with Gasteiger partial charge in [-0.2, -0.15) is 0 Å². The quantitative estimate of drug-likeness (QED) is 0.760. The van der Waals surface area contributed by atoms with Crippen LogP contribution in [0.15, 0.2) is 18.3 Å². The molecule has 0 unspecified atom stereocenters. The highest BCUT2D eigenvalue weighted by Crippen LogP contribution is 2.34. The zero-order valence-electron chi connectivity index (χ0n) is 15.2. The molecule has 0 aromatic carbocycles. The maximum absolute atomic E-state index is 13.2. The Bertz CT molecular complexity index is 597. The fourth-order valence-electron chi connectivity index (χ4n) is 4.05. The molecule has 1 amide bonds. The molecule has 2 aliphatic rings. The molecule has 2 aliphatic heterocycles. The van der Waals surface area contributed by atoms with Gasteiger partial charge in [0.1, 0.15) is 5.56 Å². The summed E-state index contributed by atoms with van der Waals surface area (Å²) < 4.78 is 16.2. The van der Waals surface area contributed by atoms with Gasteiger partial charge in [0.25, 0.3) is 5.91 Å². The highest BCUT2D eigenvalue weighted by Gasteiger charge is 2.46. The Morgan fingerprint density at radius 2 is 2.16 bits per heavy atom. The van der Waals surface area contributed by atoms with E-state index in [1.807, 2.05) is 4.90 Å². The predicted octanol–water partition coefficient (Wildman–Crippen LogP) is 0.898. The SMILES string of the molecule is COCCN1C[C@H]2[C@@H](C1)N(C(=O)c1cccnc1OC)CC[C@H]2OC. The number of nitrogens with zero attached hydrogens (tertiary/aromatic N) is 3. The van der Waals surface area contributed by atoms with Crippen molar-refractivity contribution in [3.8, 4) is 5.88 Å². The Kier molecular flexibility index (Phi) is 5.88. The summed E-state index contributed by atoms with van der Waals surface area (Å²) in [6.45, 7) is 4.04. The molecule has 1 aromatic heterocycles. The molecule has 3 heterocycles. The molecule has 0 aliphatic carbocycles. The molecule has 0 bridgehead atoms. The summed E-state index contributed by atoms with van der Waals surface area (Å²) in [7, 11) is 5.02. The Balaban J connectivity index is 1.80. The Hall–Kier alpha value is -1.70. The van der Waals surface area contributed by atoms with Gasteiger partial charge in [-0.05, 0) is 18.6 Å². The van der Waals surface area contributed by atoms with Crippen molar-refractivity contribution < 1.29 is 19.0 Å². The number of likely N-dealkylation sites (tertiary alicyclic amines) is 2.